The zero-order chi connectivity index (χ0) is 19.0. The van der Waals surface area contributed by atoms with Gasteiger partial charge in [-0.15, -0.1) is 0 Å². The van der Waals surface area contributed by atoms with Crippen molar-refractivity contribution in [2.24, 2.45) is 0 Å². The van der Waals surface area contributed by atoms with Crippen LogP contribution in [0.1, 0.15) is 25.7 Å². The number of carbonyl (C=O) groups is 1. The van der Waals surface area contributed by atoms with Crippen LogP contribution in [0.15, 0.2) is 29.2 Å². The summed E-state index contributed by atoms with van der Waals surface area (Å²) >= 11 is 5.18. The number of nitrogens with one attached hydrogen (secondary N) is 4. The minimum atomic E-state index is -3.64. The fourth-order valence-electron chi connectivity index (χ4n) is 2.35. The van der Waals surface area contributed by atoms with Crippen molar-refractivity contribution < 1.29 is 22.9 Å². The first-order chi connectivity index (χ1) is 12.4. The van der Waals surface area contributed by atoms with Gasteiger partial charge in [0.05, 0.1) is 20.1 Å². The number of hydrogen-bond donors (Lipinski definition) is 4. The van der Waals surface area contributed by atoms with Crippen molar-refractivity contribution in [1.82, 2.24) is 10.0 Å². The van der Waals surface area contributed by atoms with Gasteiger partial charge in [-0.2, -0.15) is 13.1 Å². The quantitative estimate of drug-likeness (QED) is 0.277. The summed E-state index contributed by atoms with van der Waals surface area (Å²) in [4.78, 5) is 14.2. The van der Waals surface area contributed by atoms with Crippen LogP contribution in [0.5, 0.6) is 0 Å². The first-order valence-corrected chi connectivity index (χ1v) is 10.1. The summed E-state index contributed by atoms with van der Waals surface area (Å²) in [6.07, 6.45) is 2.49. The SMILES string of the molecule is COC(=O)CCCNC(=S)Nc1cccc(S(=O)(=O)NC2=[NH+]CCC2)c1. The van der Waals surface area contributed by atoms with Gasteiger partial charge < -0.3 is 15.4 Å². The van der Waals surface area contributed by atoms with Gasteiger partial charge in [0.2, 0.25) is 0 Å². The van der Waals surface area contributed by atoms with Gasteiger partial charge in [0.25, 0.3) is 5.84 Å². The summed E-state index contributed by atoms with van der Waals surface area (Å²) in [6, 6.07) is 6.40. The number of benzene rings is 1. The number of anilines is 1. The number of thiocarbonyl (C=S) groups is 1. The van der Waals surface area contributed by atoms with Crippen molar-refractivity contribution in [3.63, 3.8) is 0 Å². The molecular weight excluding hydrogens is 376 g/mol. The number of hydrogen-bond acceptors (Lipinski definition) is 5. The first kappa shape index (κ1) is 20.1. The molecule has 4 N–H and O–H groups in total. The van der Waals surface area contributed by atoms with Crippen molar-refractivity contribution in [3.05, 3.63) is 24.3 Å². The predicted molar refractivity (Wildman–Crippen MR) is 102 cm³/mol. The Morgan fingerprint density at radius 1 is 1.38 bits per heavy atom. The molecule has 1 aromatic carbocycles. The van der Waals surface area contributed by atoms with Gasteiger partial charge in [-0.1, -0.05) is 6.07 Å². The highest BCUT2D eigenvalue weighted by molar-refractivity contribution is 7.90. The molecule has 0 fully saturated rings. The van der Waals surface area contributed by atoms with Crippen LogP contribution in [0.4, 0.5) is 5.69 Å². The van der Waals surface area contributed by atoms with Crippen molar-refractivity contribution in [1.29, 1.82) is 0 Å². The minimum Gasteiger partial charge on any atom is -0.469 e. The highest BCUT2D eigenvalue weighted by Gasteiger charge is 2.24. The van der Waals surface area contributed by atoms with E-state index in [0.29, 0.717) is 42.4 Å². The highest BCUT2D eigenvalue weighted by Crippen LogP contribution is 2.15. The number of amidine groups is 1. The highest BCUT2D eigenvalue weighted by atomic mass is 32.2. The number of esters is 1. The molecule has 0 atom stereocenters. The molecule has 0 spiro atoms. The topological polar surface area (TPSA) is 110 Å². The average Bonchev–Trinajstić information content (AvgIpc) is 3.11. The van der Waals surface area contributed by atoms with Gasteiger partial charge in [-0.05, 0) is 43.3 Å². The zero-order valence-electron chi connectivity index (χ0n) is 14.5. The maximum Gasteiger partial charge on any atom is 0.328 e. The van der Waals surface area contributed by atoms with Gasteiger partial charge >= 0.3 is 16.0 Å². The van der Waals surface area contributed by atoms with Crippen molar-refractivity contribution in [2.45, 2.75) is 30.6 Å². The summed E-state index contributed by atoms with van der Waals surface area (Å²) in [7, 11) is -2.29. The maximum atomic E-state index is 12.4. The summed E-state index contributed by atoms with van der Waals surface area (Å²) in [5.41, 5.74) is 0.558. The van der Waals surface area contributed by atoms with E-state index in [9.17, 15) is 13.2 Å². The molecule has 10 heteroatoms. The summed E-state index contributed by atoms with van der Waals surface area (Å²) < 4.78 is 32.0. The average molecular weight is 400 g/mol. The molecule has 1 aliphatic heterocycles. The second-order valence-corrected chi connectivity index (χ2v) is 7.79. The molecule has 1 aromatic rings. The van der Waals surface area contributed by atoms with Gasteiger partial charge in [0, 0.05) is 18.7 Å². The van der Waals surface area contributed by atoms with E-state index in [0.717, 1.165) is 13.0 Å². The predicted octanol–water partition coefficient (Wildman–Crippen LogP) is -0.523. The Hall–Kier alpha value is -2.20. The van der Waals surface area contributed by atoms with Crippen LogP contribution in [0, 0.1) is 0 Å². The number of methoxy groups -OCH3 is 1. The van der Waals surface area contributed by atoms with E-state index < -0.39 is 10.0 Å². The summed E-state index contributed by atoms with van der Waals surface area (Å²) in [5, 5.41) is 6.25. The minimum absolute atomic E-state index is 0.150. The van der Waals surface area contributed by atoms with E-state index in [-0.39, 0.29) is 10.9 Å². The fraction of sp³-hybridized carbons (Fsp3) is 0.438. The molecule has 8 nitrogen and oxygen atoms in total. The molecule has 0 saturated heterocycles. The molecule has 26 heavy (non-hydrogen) atoms. The van der Waals surface area contributed by atoms with Crippen LogP contribution >= 0.6 is 12.2 Å². The van der Waals surface area contributed by atoms with Gasteiger partial charge in [-0.25, -0.2) is 0 Å². The molecule has 0 aliphatic carbocycles. The van der Waals surface area contributed by atoms with E-state index in [2.05, 4.69) is 25.1 Å². The molecule has 2 rings (SSSR count). The van der Waals surface area contributed by atoms with Crippen LogP contribution in [-0.2, 0) is 19.6 Å². The molecule has 0 bridgehead atoms. The van der Waals surface area contributed by atoms with E-state index in [4.69, 9.17) is 12.2 Å². The first-order valence-electron chi connectivity index (χ1n) is 8.25. The third kappa shape index (κ3) is 6.26. The lowest BCUT2D eigenvalue weighted by Crippen LogP contribution is -2.72. The Bertz CT molecular complexity index is 793. The summed E-state index contributed by atoms with van der Waals surface area (Å²) in [6.45, 7) is 1.28. The summed E-state index contributed by atoms with van der Waals surface area (Å²) in [5.74, 6) is 0.344. The van der Waals surface area contributed by atoms with Crippen molar-refractivity contribution in [3.8, 4) is 0 Å². The van der Waals surface area contributed by atoms with Crippen LogP contribution < -0.4 is 20.3 Å². The standard InChI is InChI=1S/C16H22N4O4S2/c1-24-15(21)8-4-10-18-16(25)19-12-5-2-6-13(11-12)26(22,23)20-14-7-3-9-17-14/h2,5-6,11H,3-4,7-10H2,1H3,(H,17,20)(H2,18,19,25)/p+1. The Morgan fingerprint density at radius 3 is 2.88 bits per heavy atom. The molecule has 1 heterocycles. The molecule has 142 valence electrons. The third-order valence-electron chi connectivity index (χ3n) is 3.67. The van der Waals surface area contributed by atoms with E-state index in [1.807, 2.05) is 0 Å². The number of rotatable bonds is 7. The molecule has 0 unspecified atom stereocenters. The molecular formula is C16H23N4O4S2+. The van der Waals surface area contributed by atoms with Crippen LogP contribution in [0.2, 0.25) is 0 Å². The zero-order valence-corrected chi connectivity index (χ0v) is 16.1. The number of sulfonamides is 1. The number of carbonyl (C=O) groups excluding carboxylic acids is 1. The smallest absolute Gasteiger partial charge is 0.328 e. The van der Waals surface area contributed by atoms with Crippen LogP contribution in [0.3, 0.4) is 0 Å². The van der Waals surface area contributed by atoms with Crippen molar-refractivity contribution in [2.75, 3.05) is 25.5 Å². The second kappa shape index (κ2) is 9.48. The molecule has 0 saturated carbocycles. The lowest BCUT2D eigenvalue weighted by atomic mass is 10.3. The second-order valence-electron chi connectivity index (χ2n) is 5.70. The Morgan fingerprint density at radius 2 is 2.19 bits per heavy atom. The Kier molecular flexibility index (Phi) is 7.34. The number of ether oxygens (including phenoxy) is 1. The lowest BCUT2D eigenvalue weighted by Gasteiger charge is -2.11. The molecule has 0 aromatic heterocycles. The molecule has 0 radical (unpaired) electrons. The fourth-order valence-corrected chi connectivity index (χ4v) is 3.73. The molecule has 1 aliphatic rings. The normalized spacial score (nSPS) is 13.7. The molecule has 0 amide bonds. The van der Waals surface area contributed by atoms with Crippen molar-refractivity contribution >= 4 is 44.8 Å². The monoisotopic (exact) mass is 399 g/mol. The largest absolute Gasteiger partial charge is 0.469 e. The lowest BCUT2D eigenvalue weighted by molar-refractivity contribution is -0.448. The van der Waals surface area contributed by atoms with Crippen LogP contribution in [0.25, 0.3) is 0 Å². The van der Waals surface area contributed by atoms with Crippen LogP contribution in [-0.4, -0.2) is 45.5 Å². The van der Waals surface area contributed by atoms with Gasteiger partial charge in [0.15, 0.2) is 5.11 Å². The van der Waals surface area contributed by atoms with E-state index >= 15 is 0 Å². The van der Waals surface area contributed by atoms with Gasteiger partial charge in [-0.3, -0.25) is 9.79 Å². The third-order valence-corrected chi connectivity index (χ3v) is 5.31. The Labute approximate surface area is 158 Å². The Balaban J connectivity index is 1.89. The van der Waals surface area contributed by atoms with E-state index in [1.165, 1.54) is 19.2 Å². The van der Waals surface area contributed by atoms with E-state index in [1.54, 1.807) is 12.1 Å². The maximum absolute atomic E-state index is 12.4. The van der Waals surface area contributed by atoms with Gasteiger partial charge in [0.1, 0.15) is 4.90 Å².